The Morgan fingerprint density at radius 3 is 2.60 bits per heavy atom. The third kappa shape index (κ3) is 3.77. The van der Waals surface area contributed by atoms with Crippen molar-refractivity contribution in [3.05, 3.63) is 23.2 Å². The van der Waals surface area contributed by atoms with Gasteiger partial charge in [-0.15, -0.1) is 10.2 Å². The first-order valence-electron chi connectivity index (χ1n) is 8.51. The summed E-state index contributed by atoms with van der Waals surface area (Å²) in [6, 6.07) is 0. The molecule has 0 radical (unpaired) electrons. The summed E-state index contributed by atoms with van der Waals surface area (Å²) in [5.74, 6) is 2.18. The summed E-state index contributed by atoms with van der Waals surface area (Å²) >= 11 is 0. The second-order valence-electron chi connectivity index (χ2n) is 7.06. The molecule has 0 amide bonds. The summed E-state index contributed by atoms with van der Waals surface area (Å²) in [6.45, 7) is 8.37. The van der Waals surface area contributed by atoms with Gasteiger partial charge in [-0.25, -0.2) is 8.42 Å². The molecule has 0 spiro atoms. The summed E-state index contributed by atoms with van der Waals surface area (Å²) in [7, 11) is -3.58. The molecular weight excluding hydrogens is 344 g/mol. The molecule has 1 saturated heterocycles. The molecule has 1 aliphatic rings. The second kappa shape index (κ2) is 6.87. The predicted molar refractivity (Wildman–Crippen MR) is 89.4 cm³/mol. The molecule has 0 bridgehead atoms. The van der Waals surface area contributed by atoms with Gasteiger partial charge in [0, 0.05) is 25.9 Å². The first-order chi connectivity index (χ1) is 11.8. The molecule has 1 unspecified atom stereocenters. The third-order valence-electron chi connectivity index (χ3n) is 4.37. The monoisotopic (exact) mass is 368 g/mol. The van der Waals surface area contributed by atoms with Gasteiger partial charge in [-0.1, -0.05) is 19.0 Å². The average Bonchev–Trinajstić information content (AvgIpc) is 3.21. The Labute approximate surface area is 147 Å². The van der Waals surface area contributed by atoms with Crippen LogP contribution >= 0.6 is 0 Å². The summed E-state index contributed by atoms with van der Waals surface area (Å²) in [6.07, 6.45) is 2.12. The van der Waals surface area contributed by atoms with E-state index in [0.717, 1.165) is 12.8 Å². The maximum absolute atomic E-state index is 12.8. The molecule has 25 heavy (non-hydrogen) atoms. The molecule has 0 N–H and O–H groups in total. The Morgan fingerprint density at radius 2 is 1.96 bits per heavy atom. The number of hydrogen-bond donors (Lipinski definition) is 0. The summed E-state index contributed by atoms with van der Waals surface area (Å²) in [5.41, 5.74) is 0.399. The molecule has 0 aliphatic carbocycles. The van der Waals surface area contributed by atoms with Crippen LogP contribution in [0.1, 0.15) is 43.5 Å². The smallest absolute Gasteiger partial charge is 0.248 e. The molecule has 3 rings (SSSR count). The largest absolute Gasteiger partial charge is 0.425 e. The van der Waals surface area contributed by atoms with Gasteiger partial charge in [0.05, 0.1) is 0 Å². The van der Waals surface area contributed by atoms with Gasteiger partial charge < -0.3 is 8.94 Å². The number of aryl methyl sites for hydroxylation is 2. The first-order valence-corrected chi connectivity index (χ1v) is 9.95. The van der Waals surface area contributed by atoms with E-state index in [0.29, 0.717) is 48.7 Å². The normalized spacial score (nSPS) is 19.2. The van der Waals surface area contributed by atoms with Crippen LogP contribution in [0.15, 0.2) is 13.8 Å². The first kappa shape index (κ1) is 18.1. The van der Waals surface area contributed by atoms with E-state index >= 15 is 0 Å². The van der Waals surface area contributed by atoms with Gasteiger partial charge in [-0.05, 0) is 32.1 Å². The van der Waals surface area contributed by atoms with Gasteiger partial charge >= 0.3 is 0 Å². The minimum Gasteiger partial charge on any atom is -0.425 e. The van der Waals surface area contributed by atoms with Crippen LogP contribution < -0.4 is 0 Å². The number of hydrogen-bond acceptors (Lipinski definition) is 7. The van der Waals surface area contributed by atoms with E-state index in [9.17, 15) is 8.42 Å². The van der Waals surface area contributed by atoms with E-state index in [2.05, 4.69) is 29.2 Å². The molecule has 2 aromatic heterocycles. The molecule has 1 aliphatic heterocycles. The third-order valence-corrected chi connectivity index (χ3v) is 6.48. The van der Waals surface area contributed by atoms with Gasteiger partial charge in [0.15, 0.2) is 5.76 Å². The van der Waals surface area contributed by atoms with Crippen LogP contribution in [-0.2, 0) is 22.9 Å². The predicted octanol–water partition coefficient (Wildman–Crippen LogP) is 2.13. The van der Waals surface area contributed by atoms with Crippen LogP contribution in [0, 0.1) is 25.7 Å². The number of sulfonamides is 1. The highest BCUT2D eigenvalue weighted by molar-refractivity contribution is 7.89. The standard InChI is InChI=1S/C16H24N4O4S/c1-10(2)7-14-17-18-15(23-14)8-13-5-6-20(9-13)25(21,22)16-11(3)19-24-12(16)4/h10,13H,5-9H2,1-4H3. The Kier molecular flexibility index (Phi) is 4.97. The maximum Gasteiger partial charge on any atom is 0.248 e. The van der Waals surface area contributed by atoms with E-state index in [4.69, 9.17) is 8.94 Å². The number of aromatic nitrogens is 3. The van der Waals surface area contributed by atoms with Crippen LogP contribution in [0.3, 0.4) is 0 Å². The minimum absolute atomic E-state index is 0.169. The van der Waals surface area contributed by atoms with Gasteiger partial charge in [0.2, 0.25) is 21.8 Å². The highest BCUT2D eigenvalue weighted by atomic mass is 32.2. The van der Waals surface area contributed by atoms with E-state index in [1.54, 1.807) is 13.8 Å². The zero-order valence-corrected chi connectivity index (χ0v) is 15.8. The number of nitrogens with zero attached hydrogens (tertiary/aromatic N) is 4. The van der Waals surface area contributed by atoms with Crippen molar-refractivity contribution >= 4 is 10.0 Å². The van der Waals surface area contributed by atoms with Crippen molar-refractivity contribution in [2.24, 2.45) is 11.8 Å². The molecule has 8 nitrogen and oxygen atoms in total. The molecule has 138 valence electrons. The lowest BCUT2D eigenvalue weighted by Gasteiger charge is -2.15. The van der Waals surface area contributed by atoms with E-state index in [1.165, 1.54) is 4.31 Å². The quantitative estimate of drug-likeness (QED) is 0.769. The van der Waals surface area contributed by atoms with Gasteiger partial charge in [0.25, 0.3) is 0 Å². The Morgan fingerprint density at radius 1 is 1.24 bits per heavy atom. The van der Waals surface area contributed by atoms with Crippen molar-refractivity contribution < 1.29 is 17.4 Å². The molecule has 3 heterocycles. The molecular formula is C16H24N4O4S. The van der Waals surface area contributed by atoms with E-state index in [1.807, 2.05) is 0 Å². The summed E-state index contributed by atoms with van der Waals surface area (Å²) < 4.78 is 37.8. The lowest BCUT2D eigenvalue weighted by molar-refractivity contribution is 0.387. The van der Waals surface area contributed by atoms with Gasteiger partial charge in [0.1, 0.15) is 10.6 Å². The minimum atomic E-state index is -3.58. The van der Waals surface area contributed by atoms with E-state index < -0.39 is 10.0 Å². The lowest BCUT2D eigenvalue weighted by atomic mass is 10.1. The van der Waals surface area contributed by atoms with Crippen molar-refractivity contribution in [1.82, 2.24) is 19.7 Å². The van der Waals surface area contributed by atoms with Crippen molar-refractivity contribution in [2.75, 3.05) is 13.1 Å². The molecule has 0 saturated carbocycles. The van der Waals surface area contributed by atoms with Crippen LogP contribution in [0.2, 0.25) is 0 Å². The molecule has 2 aromatic rings. The van der Waals surface area contributed by atoms with Gasteiger partial charge in [-0.2, -0.15) is 4.31 Å². The maximum atomic E-state index is 12.8. The highest BCUT2D eigenvalue weighted by Crippen LogP contribution is 2.29. The second-order valence-corrected chi connectivity index (χ2v) is 8.94. The van der Waals surface area contributed by atoms with Crippen LogP contribution in [0.5, 0.6) is 0 Å². The lowest BCUT2D eigenvalue weighted by Crippen LogP contribution is -2.29. The highest BCUT2D eigenvalue weighted by Gasteiger charge is 2.36. The van der Waals surface area contributed by atoms with Crippen LogP contribution in [-0.4, -0.2) is 41.2 Å². The SMILES string of the molecule is Cc1noc(C)c1S(=O)(=O)N1CCC(Cc2nnc(CC(C)C)o2)C1. The summed E-state index contributed by atoms with van der Waals surface area (Å²) in [5, 5.41) is 11.9. The average molecular weight is 368 g/mol. The fraction of sp³-hybridized carbons (Fsp3) is 0.688. The van der Waals surface area contributed by atoms with E-state index in [-0.39, 0.29) is 10.8 Å². The molecule has 0 aromatic carbocycles. The van der Waals surface area contributed by atoms with Crippen LogP contribution in [0.25, 0.3) is 0 Å². The topological polar surface area (TPSA) is 102 Å². The fourth-order valence-electron chi connectivity index (χ4n) is 3.20. The van der Waals surface area contributed by atoms with Crippen molar-refractivity contribution in [3.63, 3.8) is 0 Å². The van der Waals surface area contributed by atoms with Gasteiger partial charge in [-0.3, -0.25) is 0 Å². The van der Waals surface area contributed by atoms with Crippen molar-refractivity contribution in [2.45, 2.75) is 51.9 Å². The van der Waals surface area contributed by atoms with Crippen molar-refractivity contribution in [1.29, 1.82) is 0 Å². The summed E-state index contributed by atoms with van der Waals surface area (Å²) in [4.78, 5) is 0.185. The molecule has 1 atom stereocenters. The zero-order valence-electron chi connectivity index (χ0n) is 15.0. The Balaban J connectivity index is 1.66. The number of rotatable bonds is 6. The van der Waals surface area contributed by atoms with Crippen molar-refractivity contribution in [3.8, 4) is 0 Å². The fourth-order valence-corrected chi connectivity index (χ4v) is 5.03. The Bertz CT molecular complexity index is 821. The Hall–Kier alpha value is -1.74. The zero-order chi connectivity index (χ0) is 18.2. The molecule has 9 heteroatoms. The van der Waals surface area contributed by atoms with Crippen LogP contribution in [0.4, 0.5) is 0 Å². The molecule has 1 fully saturated rings.